The Kier molecular flexibility index (Phi) is 3.31. The third-order valence-corrected chi connectivity index (χ3v) is 5.39. The van der Waals surface area contributed by atoms with Gasteiger partial charge in [0.2, 0.25) is 0 Å². The summed E-state index contributed by atoms with van der Waals surface area (Å²) in [4.78, 5) is 4.87. The first kappa shape index (κ1) is 15.1. The van der Waals surface area contributed by atoms with Gasteiger partial charge in [0.15, 0.2) is 6.20 Å². The van der Waals surface area contributed by atoms with Gasteiger partial charge in [-0.1, -0.05) is 24.3 Å². The predicted molar refractivity (Wildman–Crippen MR) is 98.0 cm³/mol. The van der Waals surface area contributed by atoms with E-state index in [4.69, 9.17) is 4.98 Å². The van der Waals surface area contributed by atoms with Gasteiger partial charge in [-0.2, -0.15) is 0 Å². The lowest BCUT2D eigenvalue weighted by Crippen LogP contribution is -2.37. The van der Waals surface area contributed by atoms with Crippen molar-refractivity contribution in [3.8, 4) is 22.5 Å². The van der Waals surface area contributed by atoms with Gasteiger partial charge in [-0.3, -0.25) is 0 Å². The SMILES string of the molecule is Cc1cc(C)c(C)c(-c2ncc3c([n+]2C)Cc2cccc(C)c2-3)c1. The van der Waals surface area contributed by atoms with Crippen LogP contribution < -0.4 is 4.57 Å². The van der Waals surface area contributed by atoms with E-state index in [1.54, 1.807) is 0 Å². The molecule has 0 unspecified atom stereocenters. The molecule has 0 atom stereocenters. The Morgan fingerprint density at radius 1 is 0.958 bits per heavy atom. The first-order valence-electron chi connectivity index (χ1n) is 8.52. The topological polar surface area (TPSA) is 16.8 Å². The zero-order chi connectivity index (χ0) is 17.0. The quantitative estimate of drug-likeness (QED) is 0.476. The lowest BCUT2D eigenvalue weighted by atomic mass is 9.99. The number of fused-ring (bicyclic) bond motifs is 3. The van der Waals surface area contributed by atoms with Gasteiger partial charge in [0.25, 0.3) is 0 Å². The Morgan fingerprint density at radius 3 is 2.54 bits per heavy atom. The van der Waals surface area contributed by atoms with Crippen LogP contribution in [0.15, 0.2) is 36.5 Å². The van der Waals surface area contributed by atoms with Gasteiger partial charge in [0.1, 0.15) is 5.69 Å². The molecule has 0 radical (unpaired) electrons. The molecule has 120 valence electrons. The lowest BCUT2D eigenvalue weighted by Gasteiger charge is -2.10. The normalized spacial score (nSPS) is 12.2. The van der Waals surface area contributed by atoms with E-state index in [1.807, 2.05) is 0 Å². The molecule has 1 aliphatic rings. The average Bonchev–Trinajstić information content (AvgIpc) is 2.92. The summed E-state index contributed by atoms with van der Waals surface area (Å²) in [5, 5.41) is 0. The van der Waals surface area contributed by atoms with Crippen LogP contribution >= 0.6 is 0 Å². The number of hydrogen-bond acceptors (Lipinski definition) is 1. The van der Waals surface area contributed by atoms with E-state index < -0.39 is 0 Å². The van der Waals surface area contributed by atoms with Crippen LogP contribution in [0.25, 0.3) is 22.5 Å². The molecule has 24 heavy (non-hydrogen) atoms. The minimum atomic E-state index is 0.988. The first-order chi connectivity index (χ1) is 11.5. The zero-order valence-electron chi connectivity index (χ0n) is 15.1. The van der Waals surface area contributed by atoms with Crippen molar-refractivity contribution < 1.29 is 4.57 Å². The second kappa shape index (κ2) is 5.27. The fraction of sp³-hybridized carbons (Fsp3) is 0.273. The van der Waals surface area contributed by atoms with Gasteiger partial charge >= 0.3 is 5.82 Å². The van der Waals surface area contributed by atoms with E-state index in [2.05, 4.69) is 75.8 Å². The highest BCUT2D eigenvalue weighted by molar-refractivity contribution is 5.77. The first-order valence-corrected chi connectivity index (χ1v) is 8.52. The Balaban J connectivity index is 1.95. The molecule has 0 amide bonds. The van der Waals surface area contributed by atoms with Gasteiger partial charge in [-0.25, -0.2) is 4.57 Å². The molecule has 1 heterocycles. The highest BCUT2D eigenvalue weighted by atomic mass is 15.0. The number of nitrogens with zero attached hydrogens (tertiary/aromatic N) is 2. The van der Waals surface area contributed by atoms with Crippen molar-refractivity contribution in [2.45, 2.75) is 34.1 Å². The van der Waals surface area contributed by atoms with Crippen molar-refractivity contribution in [1.82, 2.24) is 4.98 Å². The van der Waals surface area contributed by atoms with Gasteiger partial charge in [0.05, 0.1) is 18.2 Å². The lowest BCUT2D eigenvalue weighted by molar-refractivity contribution is -0.669. The maximum atomic E-state index is 4.87. The van der Waals surface area contributed by atoms with Crippen LogP contribution in [0.3, 0.4) is 0 Å². The van der Waals surface area contributed by atoms with E-state index in [-0.39, 0.29) is 0 Å². The Labute approximate surface area is 143 Å². The van der Waals surface area contributed by atoms with Crippen molar-refractivity contribution in [3.05, 3.63) is 70.0 Å². The summed E-state index contributed by atoms with van der Waals surface area (Å²) in [6, 6.07) is 11.1. The van der Waals surface area contributed by atoms with Gasteiger partial charge < -0.3 is 0 Å². The highest BCUT2D eigenvalue weighted by Gasteiger charge is 2.29. The third-order valence-electron chi connectivity index (χ3n) is 5.39. The zero-order valence-corrected chi connectivity index (χ0v) is 15.1. The van der Waals surface area contributed by atoms with Crippen LogP contribution in [0.4, 0.5) is 0 Å². The standard InChI is InChI=1S/C22H23N2/c1-13-9-15(3)16(4)18(10-13)22-23-12-19-20(24(22)5)11-17-8-6-7-14(2)21(17)19/h6-10,12H,11H2,1-5H3/q+1. The number of aryl methyl sites for hydroxylation is 3. The summed E-state index contributed by atoms with van der Waals surface area (Å²) in [7, 11) is 2.15. The Hall–Kier alpha value is -2.48. The minimum absolute atomic E-state index is 0.988. The number of rotatable bonds is 1. The molecule has 0 aliphatic heterocycles. The van der Waals surface area contributed by atoms with Crippen molar-refractivity contribution in [1.29, 1.82) is 0 Å². The summed E-state index contributed by atoms with van der Waals surface area (Å²) < 4.78 is 2.29. The molecule has 0 saturated carbocycles. The van der Waals surface area contributed by atoms with Crippen molar-refractivity contribution in [2.24, 2.45) is 7.05 Å². The second-order valence-corrected chi connectivity index (χ2v) is 7.04. The molecule has 2 aromatic carbocycles. The molecule has 1 aromatic heterocycles. The largest absolute Gasteiger partial charge is 0.330 e. The van der Waals surface area contributed by atoms with Crippen LogP contribution in [-0.4, -0.2) is 4.98 Å². The van der Waals surface area contributed by atoms with Gasteiger partial charge in [-0.05, 0) is 72.1 Å². The van der Waals surface area contributed by atoms with Gasteiger partial charge in [0, 0.05) is 6.42 Å². The van der Waals surface area contributed by atoms with Crippen LogP contribution in [0.2, 0.25) is 0 Å². The summed E-state index contributed by atoms with van der Waals surface area (Å²) in [5.74, 6) is 1.06. The molecular formula is C22H23N2+. The Bertz CT molecular complexity index is 984. The fourth-order valence-corrected chi connectivity index (χ4v) is 3.98. The van der Waals surface area contributed by atoms with Crippen LogP contribution in [0.1, 0.15) is 33.5 Å². The predicted octanol–water partition coefficient (Wildman–Crippen LogP) is 4.38. The van der Waals surface area contributed by atoms with E-state index in [9.17, 15) is 0 Å². The summed E-state index contributed by atoms with van der Waals surface area (Å²) in [6.45, 7) is 8.72. The molecule has 1 aliphatic carbocycles. The smallest absolute Gasteiger partial charge is 0.229 e. The highest BCUT2D eigenvalue weighted by Crippen LogP contribution is 2.37. The molecule has 0 saturated heterocycles. The van der Waals surface area contributed by atoms with Crippen molar-refractivity contribution in [3.63, 3.8) is 0 Å². The minimum Gasteiger partial charge on any atom is -0.229 e. The molecule has 0 spiro atoms. The second-order valence-electron chi connectivity index (χ2n) is 7.04. The van der Waals surface area contributed by atoms with Crippen LogP contribution in [-0.2, 0) is 13.5 Å². The summed E-state index contributed by atoms with van der Waals surface area (Å²) in [6.07, 6.45) is 3.06. The van der Waals surface area contributed by atoms with E-state index >= 15 is 0 Å². The molecule has 0 bridgehead atoms. The van der Waals surface area contributed by atoms with Gasteiger partial charge in [-0.15, -0.1) is 0 Å². The van der Waals surface area contributed by atoms with E-state index in [1.165, 1.54) is 50.2 Å². The number of aromatic nitrogens is 2. The van der Waals surface area contributed by atoms with Crippen molar-refractivity contribution >= 4 is 0 Å². The number of hydrogen-bond donors (Lipinski definition) is 0. The van der Waals surface area contributed by atoms with E-state index in [0.717, 1.165) is 12.2 Å². The molecular weight excluding hydrogens is 292 g/mol. The molecule has 0 N–H and O–H groups in total. The fourth-order valence-electron chi connectivity index (χ4n) is 3.98. The van der Waals surface area contributed by atoms with Crippen molar-refractivity contribution in [2.75, 3.05) is 0 Å². The number of benzene rings is 2. The van der Waals surface area contributed by atoms with Crippen LogP contribution in [0.5, 0.6) is 0 Å². The van der Waals surface area contributed by atoms with E-state index in [0.29, 0.717) is 0 Å². The third kappa shape index (κ3) is 2.10. The summed E-state index contributed by atoms with van der Waals surface area (Å²) >= 11 is 0. The molecule has 2 heteroatoms. The monoisotopic (exact) mass is 315 g/mol. The summed E-state index contributed by atoms with van der Waals surface area (Å²) in [5.41, 5.74) is 11.9. The average molecular weight is 315 g/mol. The molecule has 0 fully saturated rings. The maximum absolute atomic E-state index is 4.87. The Morgan fingerprint density at radius 2 is 1.75 bits per heavy atom. The van der Waals surface area contributed by atoms with Crippen LogP contribution in [0, 0.1) is 27.7 Å². The maximum Gasteiger partial charge on any atom is 0.330 e. The molecule has 2 nitrogen and oxygen atoms in total. The molecule has 4 rings (SSSR count). The molecule has 3 aromatic rings.